The molecule has 5 nitrogen and oxygen atoms in total. The molecule has 2 heterocycles. The zero-order chi connectivity index (χ0) is 27.3. The van der Waals surface area contributed by atoms with Gasteiger partial charge >= 0.3 is 0 Å². The summed E-state index contributed by atoms with van der Waals surface area (Å²) in [7, 11) is -4.10. The van der Waals surface area contributed by atoms with Crippen LogP contribution in [0.3, 0.4) is 0 Å². The van der Waals surface area contributed by atoms with Crippen LogP contribution < -0.4 is 4.72 Å². The van der Waals surface area contributed by atoms with Gasteiger partial charge in [0.25, 0.3) is 15.9 Å². The maximum atomic E-state index is 12.8. The Kier molecular flexibility index (Phi) is 6.79. The summed E-state index contributed by atoms with van der Waals surface area (Å²) in [6.45, 7) is 2.13. The largest absolute Gasteiger partial charge is 0.312 e. The average molecular weight is 596 g/mol. The van der Waals surface area contributed by atoms with Gasteiger partial charge in [0.1, 0.15) is 8.55 Å². The first-order valence-corrected chi connectivity index (χ1v) is 15.6. The summed E-state index contributed by atoms with van der Waals surface area (Å²) in [5, 5.41) is 1.29. The summed E-state index contributed by atoms with van der Waals surface area (Å²) in [5.74, 6) is -0.753. The minimum absolute atomic E-state index is 0.116. The fraction of sp³-hybridized carbons (Fsp3) is 0.167. The number of aromatic nitrogens is 1. The van der Waals surface area contributed by atoms with Crippen molar-refractivity contribution in [3.63, 3.8) is 0 Å². The molecule has 3 aliphatic carbocycles. The molecule has 0 atom stereocenters. The third-order valence-electron chi connectivity index (χ3n) is 7.19. The molecule has 0 aliphatic heterocycles. The lowest BCUT2D eigenvalue weighted by Crippen LogP contribution is -2.28. The van der Waals surface area contributed by atoms with E-state index in [4.69, 9.17) is 23.2 Å². The van der Waals surface area contributed by atoms with Gasteiger partial charge < -0.3 is 4.57 Å². The number of sulfonamides is 1. The van der Waals surface area contributed by atoms with Gasteiger partial charge in [0.15, 0.2) is 0 Å². The van der Waals surface area contributed by atoms with E-state index < -0.39 is 15.9 Å². The lowest BCUT2D eigenvalue weighted by Gasteiger charge is -2.17. The van der Waals surface area contributed by atoms with Crippen molar-refractivity contribution in [1.29, 1.82) is 0 Å². The number of hydrogen-bond acceptors (Lipinski definition) is 4. The Balaban J connectivity index is 1.45. The molecule has 0 unspecified atom stereocenters. The number of carbonyl (C=O) groups is 1. The Bertz CT molecular complexity index is 1850. The number of amides is 1. The second-order valence-electron chi connectivity index (χ2n) is 9.65. The van der Waals surface area contributed by atoms with Crippen LogP contribution in [0.5, 0.6) is 0 Å². The van der Waals surface area contributed by atoms with Gasteiger partial charge in [0, 0.05) is 22.7 Å². The zero-order valence-electron chi connectivity index (χ0n) is 21.0. The summed E-state index contributed by atoms with van der Waals surface area (Å²) >= 11 is 12.6. The predicted octanol–water partition coefficient (Wildman–Crippen LogP) is 7.81. The number of rotatable bonds is 5. The van der Waals surface area contributed by atoms with Crippen molar-refractivity contribution >= 4 is 67.4 Å². The molecule has 1 N–H and O–H groups in total. The molecule has 0 fully saturated rings. The molecule has 1 amide bonds. The van der Waals surface area contributed by atoms with Gasteiger partial charge in [-0.2, -0.15) is 0 Å². The number of nitrogens with one attached hydrogen (secondary N) is 1. The topological polar surface area (TPSA) is 68.2 Å². The SMILES string of the molecule is Cc1cc(-n2c3c(c4cccc(C=CC(=O)NS(=O)(=O)c5cc(Cl)c(Cl)s5)c42)CCCC3)c2cccccc1-2. The number of carbonyl (C=O) groups excluding carboxylic acids is 1. The lowest BCUT2D eigenvalue weighted by atomic mass is 9.95. The van der Waals surface area contributed by atoms with Crippen LogP contribution in [0.1, 0.15) is 35.2 Å². The van der Waals surface area contributed by atoms with Crippen LogP contribution in [0.15, 0.2) is 70.9 Å². The molecule has 0 saturated carbocycles. The van der Waals surface area contributed by atoms with E-state index in [9.17, 15) is 13.2 Å². The second kappa shape index (κ2) is 10.1. The van der Waals surface area contributed by atoms with E-state index in [1.165, 1.54) is 40.1 Å². The highest BCUT2D eigenvalue weighted by Gasteiger charge is 2.25. The lowest BCUT2D eigenvalue weighted by molar-refractivity contribution is -0.114. The van der Waals surface area contributed by atoms with E-state index >= 15 is 0 Å². The number of halogens is 2. The van der Waals surface area contributed by atoms with Crippen LogP contribution in [0.25, 0.3) is 33.8 Å². The van der Waals surface area contributed by atoms with Crippen molar-refractivity contribution < 1.29 is 13.2 Å². The van der Waals surface area contributed by atoms with E-state index in [0.29, 0.717) is 0 Å². The van der Waals surface area contributed by atoms with E-state index in [-0.39, 0.29) is 13.6 Å². The van der Waals surface area contributed by atoms with Crippen LogP contribution in [0.2, 0.25) is 9.36 Å². The molecule has 0 radical (unpaired) electrons. The average Bonchev–Trinajstić information content (AvgIpc) is 3.45. The smallest absolute Gasteiger partial charge is 0.273 e. The molecule has 9 heteroatoms. The van der Waals surface area contributed by atoms with Gasteiger partial charge in [-0.1, -0.05) is 71.7 Å². The molecule has 0 saturated heterocycles. The summed E-state index contributed by atoms with van der Waals surface area (Å²) < 4.78 is 29.8. The quantitative estimate of drug-likeness (QED) is 0.211. The van der Waals surface area contributed by atoms with Crippen molar-refractivity contribution in [2.75, 3.05) is 0 Å². The van der Waals surface area contributed by atoms with E-state index in [1.54, 1.807) is 6.08 Å². The molecule has 0 spiro atoms. The third kappa shape index (κ3) is 4.67. The predicted molar refractivity (Wildman–Crippen MR) is 160 cm³/mol. The Morgan fingerprint density at radius 3 is 2.54 bits per heavy atom. The highest BCUT2D eigenvalue weighted by atomic mass is 35.5. The van der Waals surface area contributed by atoms with Gasteiger partial charge in [-0.3, -0.25) is 4.79 Å². The molecule has 3 aromatic rings. The van der Waals surface area contributed by atoms with Gasteiger partial charge in [-0.05, 0) is 73.1 Å². The Morgan fingerprint density at radius 1 is 1.00 bits per heavy atom. The van der Waals surface area contributed by atoms with Gasteiger partial charge in [-0.25, -0.2) is 13.1 Å². The number of benzene rings is 1. The fourth-order valence-corrected chi connectivity index (χ4v) is 8.34. The number of fused-ring (bicyclic) bond motifs is 4. The first kappa shape index (κ1) is 26.1. The summed E-state index contributed by atoms with van der Waals surface area (Å²) in [6.07, 6.45) is 7.18. The normalized spacial score (nSPS) is 13.8. The standard InChI is InChI=1S/C30H24Cl2N2O3S2/c1-18-16-26(21-10-4-2-3-9-20(18)21)34-25-13-6-5-11-22(25)23-12-7-8-19(29(23)34)14-15-27(35)33-39(36,37)28-17-24(31)30(32)38-28/h2-4,7-10,12,14-17H,5-6,11,13H2,1H3,(H,33,35). The monoisotopic (exact) mass is 594 g/mol. The minimum atomic E-state index is -4.10. The number of aryl methyl sites for hydroxylation is 2. The number of para-hydroxylation sites is 1. The Morgan fingerprint density at radius 2 is 1.77 bits per heavy atom. The van der Waals surface area contributed by atoms with Gasteiger partial charge in [0.2, 0.25) is 0 Å². The molecule has 3 aliphatic rings. The van der Waals surface area contributed by atoms with Crippen LogP contribution in [-0.2, 0) is 27.7 Å². The summed E-state index contributed by atoms with van der Waals surface area (Å²) in [6, 6.07) is 20.0. The maximum absolute atomic E-state index is 12.8. The second-order valence-corrected chi connectivity index (χ2v) is 13.6. The van der Waals surface area contributed by atoms with E-state index in [1.807, 2.05) is 18.2 Å². The third-order valence-corrected chi connectivity index (χ3v) is 10.9. The first-order valence-electron chi connectivity index (χ1n) is 12.6. The minimum Gasteiger partial charge on any atom is -0.312 e. The van der Waals surface area contributed by atoms with Crippen LogP contribution >= 0.6 is 34.5 Å². The van der Waals surface area contributed by atoms with Crippen LogP contribution in [0.4, 0.5) is 0 Å². The molecular formula is C30H24Cl2N2O3S2. The Labute approximate surface area is 241 Å². The molecule has 0 bridgehead atoms. The van der Waals surface area contributed by atoms with Crippen molar-refractivity contribution in [2.45, 2.75) is 36.8 Å². The molecule has 1 aromatic carbocycles. The van der Waals surface area contributed by atoms with Crippen molar-refractivity contribution in [3.8, 4) is 16.8 Å². The van der Waals surface area contributed by atoms with Gasteiger partial charge in [0.05, 0.1) is 16.2 Å². The zero-order valence-corrected chi connectivity index (χ0v) is 24.1. The number of hydrogen-bond donors (Lipinski definition) is 1. The van der Waals surface area contributed by atoms with Crippen molar-refractivity contribution in [1.82, 2.24) is 9.29 Å². The molecule has 6 rings (SSSR count). The molecule has 198 valence electrons. The first-order chi connectivity index (χ1) is 18.7. The number of thiophene rings is 1. The van der Waals surface area contributed by atoms with Crippen LogP contribution in [-0.4, -0.2) is 18.9 Å². The molecular weight excluding hydrogens is 571 g/mol. The maximum Gasteiger partial charge on any atom is 0.273 e. The fourth-order valence-electron chi connectivity index (χ4n) is 5.52. The van der Waals surface area contributed by atoms with E-state index in [2.05, 4.69) is 52.6 Å². The summed E-state index contributed by atoms with van der Waals surface area (Å²) in [5.41, 5.74) is 9.19. The highest BCUT2D eigenvalue weighted by molar-refractivity contribution is 7.92. The highest BCUT2D eigenvalue weighted by Crippen LogP contribution is 2.42. The number of nitrogens with zero attached hydrogens (tertiary/aromatic N) is 1. The van der Waals surface area contributed by atoms with E-state index in [0.717, 1.165) is 59.2 Å². The van der Waals surface area contributed by atoms with Crippen molar-refractivity contribution in [3.05, 3.63) is 98.5 Å². The van der Waals surface area contributed by atoms with Gasteiger partial charge in [-0.15, -0.1) is 11.3 Å². The Hall–Kier alpha value is -3.10. The molecule has 2 aromatic heterocycles. The van der Waals surface area contributed by atoms with Crippen molar-refractivity contribution in [2.24, 2.45) is 0 Å². The summed E-state index contributed by atoms with van der Waals surface area (Å²) in [4.78, 5) is 12.8. The van der Waals surface area contributed by atoms with Crippen LogP contribution in [0, 0.1) is 6.92 Å². The molecule has 39 heavy (non-hydrogen) atoms.